The molecular formula is C19H26N4O2S. The zero-order valence-corrected chi connectivity index (χ0v) is 16.1. The molecule has 140 valence electrons. The van der Waals surface area contributed by atoms with Crippen LogP contribution in [0.4, 0.5) is 5.00 Å². The molecule has 2 heterocycles. The van der Waals surface area contributed by atoms with E-state index in [-0.39, 0.29) is 5.75 Å². The van der Waals surface area contributed by atoms with Crippen LogP contribution in [0.25, 0.3) is 0 Å². The molecule has 1 fully saturated rings. The Morgan fingerprint density at radius 1 is 1.35 bits per heavy atom. The van der Waals surface area contributed by atoms with E-state index < -0.39 is 0 Å². The van der Waals surface area contributed by atoms with Gasteiger partial charge in [0.2, 0.25) is 0 Å². The molecule has 1 saturated heterocycles. The van der Waals surface area contributed by atoms with Crippen molar-refractivity contribution in [2.45, 2.75) is 25.4 Å². The first kappa shape index (κ1) is 18.4. The average Bonchev–Trinajstić information content (AvgIpc) is 3.21. The van der Waals surface area contributed by atoms with Crippen LogP contribution in [-0.4, -0.2) is 44.4 Å². The van der Waals surface area contributed by atoms with Crippen molar-refractivity contribution in [1.29, 1.82) is 0 Å². The summed E-state index contributed by atoms with van der Waals surface area (Å²) in [5.74, 6) is 1.73. The van der Waals surface area contributed by atoms with Gasteiger partial charge in [0.05, 0.1) is 12.1 Å². The number of benzene rings is 1. The highest BCUT2D eigenvalue weighted by Gasteiger charge is 2.20. The van der Waals surface area contributed by atoms with Gasteiger partial charge in [-0.25, -0.2) is 0 Å². The van der Waals surface area contributed by atoms with Crippen LogP contribution in [0.15, 0.2) is 40.7 Å². The van der Waals surface area contributed by atoms with Crippen LogP contribution in [0.3, 0.4) is 0 Å². The van der Waals surface area contributed by atoms with E-state index in [1.807, 2.05) is 6.07 Å². The maximum atomic E-state index is 10.00. The van der Waals surface area contributed by atoms with E-state index in [4.69, 9.17) is 4.74 Å². The minimum atomic E-state index is 0.248. The molecule has 0 amide bonds. The fraction of sp³-hybridized carbons (Fsp3) is 0.421. The summed E-state index contributed by atoms with van der Waals surface area (Å²) in [4.78, 5) is 6.75. The van der Waals surface area contributed by atoms with Gasteiger partial charge in [-0.05, 0) is 48.6 Å². The van der Waals surface area contributed by atoms with Gasteiger partial charge in [-0.2, -0.15) is 0 Å². The molecule has 0 radical (unpaired) electrons. The van der Waals surface area contributed by atoms with E-state index in [2.05, 4.69) is 38.0 Å². The predicted octanol–water partition coefficient (Wildman–Crippen LogP) is 2.80. The monoisotopic (exact) mass is 374 g/mol. The van der Waals surface area contributed by atoms with Crippen LogP contribution in [0.5, 0.6) is 11.5 Å². The number of piperidine rings is 1. The summed E-state index contributed by atoms with van der Waals surface area (Å²) in [6, 6.07) is 9.90. The molecule has 1 aromatic carbocycles. The number of aromatic hydroxyl groups is 1. The maximum Gasteiger partial charge on any atom is 0.191 e. The summed E-state index contributed by atoms with van der Waals surface area (Å²) in [6.07, 6.45) is 2.14. The van der Waals surface area contributed by atoms with E-state index in [0.717, 1.165) is 43.2 Å². The molecule has 0 bridgehead atoms. The van der Waals surface area contributed by atoms with Crippen LogP contribution in [0, 0.1) is 0 Å². The minimum absolute atomic E-state index is 0.248. The molecule has 0 aliphatic carbocycles. The molecule has 0 saturated carbocycles. The van der Waals surface area contributed by atoms with Crippen LogP contribution in [0.1, 0.15) is 18.4 Å². The minimum Gasteiger partial charge on any atom is -0.508 e. The van der Waals surface area contributed by atoms with Gasteiger partial charge in [0.15, 0.2) is 5.96 Å². The van der Waals surface area contributed by atoms with Crippen LogP contribution in [-0.2, 0) is 6.54 Å². The Kier molecular flexibility index (Phi) is 6.22. The van der Waals surface area contributed by atoms with Gasteiger partial charge in [0, 0.05) is 38.3 Å². The highest BCUT2D eigenvalue weighted by atomic mass is 32.1. The Balaban J connectivity index is 1.50. The van der Waals surface area contributed by atoms with Gasteiger partial charge in [0.1, 0.15) is 11.5 Å². The van der Waals surface area contributed by atoms with E-state index in [1.165, 1.54) is 5.00 Å². The number of thiophene rings is 1. The average molecular weight is 375 g/mol. The summed E-state index contributed by atoms with van der Waals surface area (Å²) in [6.45, 7) is 2.58. The standard InChI is InChI=1S/C19H26N4O2S/c1-20-19(21-13-14-12-16(25-2)5-6-17(14)24)22-15-7-9-23(10-8-15)18-4-3-11-26-18/h3-6,11-12,15,24H,7-10,13H2,1-2H3,(H2,20,21,22). The number of nitrogens with zero attached hydrogens (tertiary/aromatic N) is 2. The number of hydrogen-bond acceptors (Lipinski definition) is 5. The Labute approximate surface area is 158 Å². The highest BCUT2D eigenvalue weighted by molar-refractivity contribution is 7.14. The number of hydrogen-bond donors (Lipinski definition) is 3. The van der Waals surface area contributed by atoms with Gasteiger partial charge in [-0.3, -0.25) is 4.99 Å². The van der Waals surface area contributed by atoms with Gasteiger partial charge in [0.25, 0.3) is 0 Å². The van der Waals surface area contributed by atoms with Crippen molar-refractivity contribution in [3.05, 3.63) is 41.3 Å². The van der Waals surface area contributed by atoms with Crippen molar-refractivity contribution >= 4 is 22.3 Å². The first-order valence-electron chi connectivity index (χ1n) is 8.81. The second-order valence-corrected chi connectivity index (χ2v) is 7.20. The lowest BCUT2D eigenvalue weighted by molar-refractivity contribution is 0.410. The molecular weight excluding hydrogens is 348 g/mol. The van der Waals surface area contributed by atoms with E-state index in [0.29, 0.717) is 12.6 Å². The lowest BCUT2D eigenvalue weighted by Crippen LogP contribution is -2.48. The van der Waals surface area contributed by atoms with E-state index in [1.54, 1.807) is 37.6 Å². The maximum absolute atomic E-state index is 10.00. The van der Waals surface area contributed by atoms with Crippen molar-refractivity contribution in [2.75, 3.05) is 32.1 Å². The lowest BCUT2D eigenvalue weighted by atomic mass is 10.1. The van der Waals surface area contributed by atoms with Crippen molar-refractivity contribution in [1.82, 2.24) is 10.6 Å². The number of nitrogens with one attached hydrogen (secondary N) is 2. The van der Waals surface area contributed by atoms with Crippen LogP contribution < -0.4 is 20.3 Å². The Morgan fingerprint density at radius 2 is 2.15 bits per heavy atom. The fourth-order valence-corrected chi connectivity index (χ4v) is 3.88. The summed E-state index contributed by atoms with van der Waals surface area (Å²) < 4.78 is 5.22. The Bertz CT molecular complexity index is 725. The third-order valence-electron chi connectivity index (χ3n) is 4.61. The van der Waals surface area contributed by atoms with Crippen molar-refractivity contribution in [2.24, 2.45) is 4.99 Å². The molecule has 1 aliphatic heterocycles. The van der Waals surface area contributed by atoms with Gasteiger partial charge >= 0.3 is 0 Å². The predicted molar refractivity (Wildman–Crippen MR) is 108 cm³/mol. The topological polar surface area (TPSA) is 69.1 Å². The zero-order valence-electron chi connectivity index (χ0n) is 15.2. The van der Waals surface area contributed by atoms with Crippen molar-refractivity contribution < 1.29 is 9.84 Å². The summed E-state index contributed by atoms with van der Waals surface area (Å²) >= 11 is 1.79. The molecule has 6 nitrogen and oxygen atoms in total. The summed E-state index contributed by atoms with van der Waals surface area (Å²) in [7, 11) is 3.38. The number of anilines is 1. The summed E-state index contributed by atoms with van der Waals surface area (Å²) in [5.41, 5.74) is 0.778. The second-order valence-electron chi connectivity index (χ2n) is 6.28. The fourth-order valence-electron chi connectivity index (χ4n) is 3.09. The molecule has 0 unspecified atom stereocenters. The molecule has 1 aromatic heterocycles. The molecule has 1 aliphatic rings. The Hall–Kier alpha value is -2.41. The van der Waals surface area contributed by atoms with Crippen LogP contribution in [0.2, 0.25) is 0 Å². The van der Waals surface area contributed by atoms with Gasteiger partial charge in [-0.15, -0.1) is 11.3 Å². The third kappa shape index (κ3) is 4.60. The normalized spacial score (nSPS) is 15.8. The van der Waals surface area contributed by atoms with Crippen molar-refractivity contribution in [3.8, 4) is 11.5 Å². The first-order valence-corrected chi connectivity index (χ1v) is 9.69. The molecule has 3 rings (SSSR count). The Morgan fingerprint density at radius 3 is 2.81 bits per heavy atom. The molecule has 0 spiro atoms. The molecule has 26 heavy (non-hydrogen) atoms. The van der Waals surface area contributed by atoms with E-state index in [9.17, 15) is 5.11 Å². The third-order valence-corrected chi connectivity index (χ3v) is 5.54. The summed E-state index contributed by atoms with van der Waals surface area (Å²) in [5, 5.41) is 20.2. The number of aliphatic imine (C=N–C) groups is 1. The number of rotatable bonds is 5. The van der Waals surface area contributed by atoms with Crippen molar-refractivity contribution in [3.63, 3.8) is 0 Å². The number of phenols is 1. The van der Waals surface area contributed by atoms with Gasteiger partial charge < -0.3 is 25.4 Å². The zero-order chi connectivity index (χ0) is 18.4. The van der Waals surface area contributed by atoms with Gasteiger partial charge in [-0.1, -0.05) is 0 Å². The SMILES string of the molecule is CN=C(NCc1cc(OC)ccc1O)NC1CCN(c2cccs2)CC1. The number of phenolic OH excluding ortho intramolecular Hbond substituents is 1. The molecule has 3 N–H and O–H groups in total. The van der Waals surface area contributed by atoms with E-state index >= 15 is 0 Å². The molecule has 0 atom stereocenters. The number of guanidine groups is 1. The first-order chi connectivity index (χ1) is 12.7. The molecule has 2 aromatic rings. The van der Waals surface area contributed by atoms with Crippen LogP contribution >= 0.6 is 11.3 Å². The smallest absolute Gasteiger partial charge is 0.191 e. The largest absolute Gasteiger partial charge is 0.508 e. The quantitative estimate of drug-likeness (QED) is 0.555. The number of methoxy groups -OCH3 is 1. The second kappa shape index (κ2) is 8.80. The lowest BCUT2D eigenvalue weighted by Gasteiger charge is -2.33. The number of ether oxygens (including phenoxy) is 1. The highest BCUT2D eigenvalue weighted by Crippen LogP contribution is 2.25. The molecule has 7 heteroatoms.